The molecule has 7 heteroatoms. The van der Waals surface area contributed by atoms with E-state index in [-0.39, 0.29) is 30.0 Å². The number of benzene rings is 2. The number of nitrogens with two attached hydrogens (primary N) is 1. The summed E-state index contributed by atoms with van der Waals surface area (Å²) >= 11 is 0. The van der Waals surface area contributed by atoms with E-state index in [9.17, 15) is 0 Å². The number of hydrogen-bond acceptors (Lipinski definition) is 4. The Kier molecular flexibility index (Phi) is 9.22. The Morgan fingerprint density at radius 1 is 1.04 bits per heavy atom. The molecule has 0 heterocycles. The minimum atomic E-state index is 0. The molecule has 0 saturated carbocycles. The number of anilines is 1. The molecule has 1 atom stereocenters. The lowest BCUT2D eigenvalue weighted by Crippen LogP contribution is -2.27. The zero-order chi connectivity index (χ0) is 18.2. The van der Waals surface area contributed by atoms with Crippen LogP contribution >= 0.6 is 24.0 Å². The van der Waals surface area contributed by atoms with Crippen molar-refractivity contribution in [1.29, 1.82) is 0 Å². The Morgan fingerprint density at radius 3 is 2.23 bits per heavy atom. The lowest BCUT2D eigenvalue weighted by molar-refractivity contribution is 0.295. The van der Waals surface area contributed by atoms with Gasteiger partial charge in [-0.3, -0.25) is 4.99 Å². The summed E-state index contributed by atoms with van der Waals surface area (Å²) in [6, 6.07) is 15.6. The summed E-state index contributed by atoms with van der Waals surface area (Å²) in [7, 11) is 7.32. The molecule has 0 aliphatic heterocycles. The van der Waals surface area contributed by atoms with Gasteiger partial charge in [-0.15, -0.1) is 24.0 Å². The topological polar surface area (TPSA) is 72.1 Å². The van der Waals surface area contributed by atoms with Crippen LogP contribution in [-0.2, 0) is 0 Å². The molecular formula is C19H27IN4O2. The second-order valence-corrected chi connectivity index (χ2v) is 5.77. The fourth-order valence-corrected chi connectivity index (χ4v) is 2.59. The molecule has 2 aromatic rings. The van der Waals surface area contributed by atoms with E-state index in [1.54, 1.807) is 14.2 Å². The smallest absolute Gasteiger partial charge is 0.193 e. The zero-order valence-corrected chi connectivity index (χ0v) is 17.9. The Hall–Kier alpha value is -2.00. The molecule has 2 rings (SSSR count). The highest BCUT2D eigenvalue weighted by atomic mass is 127. The fraction of sp³-hybridized carbons (Fsp3) is 0.316. The lowest BCUT2D eigenvalue weighted by Gasteiger charge is -2.25. The van der Waals surface area contributed by atoms with Crippen molar-refractivity contribution < 1.29 is 9.47 Å². The second kappa shape index (κ2) is 10.9. The number of halogens is 1. The molecule has 0 aromatic heterocycles. The first-order valence-electron chi connectivity index (χ1n) is 8.06. The number of guanidine groups is 1. The standard InChI is InChI=1S/C19H26N4O2.HI/c1-23(2)16(14-9-5-7-11-17(14)24-3)13-21-19(20)22-15-10-6-8-12-18(15)25-4;/h5-12,16H,13H2,1-4H3,(H3,20,21,22);1H. The molecule has 0 saturated heterocycles. The van der Waals surface area contributed by atoms with Gasteiger partial charge in [0.15, 0.2) is 5.96 Å². The minimum absolute atomic E-state index is 0. The molecule has 1 unspecified atom stereocenters. The van der Waals surface area contributed by atoms with Gasteiger partial charge in [0, 0.05) is 5.56 Å². The van der Waals surface area contributed by atoms with E-state index in [1.165, 1.54) is 0 Å². The van der Waals surface area contributed by atoms with Crippen LogP contribution in [0.5, 0.6) is 11.5 Å². The van der Waals surface area contributed by atoms with Crippen molar-refractivity contribution in [3.63, 3.8) is 0 Å². The number of nitrogens with one attached hydrogen (secondary N) is 1. The van der Waals surface area contributed by atoms with Gasteiger partial charge in [0.05, 0.1) is 32.5 Å². The quantitative estimate of drug-likeness (QED) is 0.369. The van der Waals surface area contributed by atoms with E-state index in [4.69, 9.17) is 15.2 Å². The maximum atomic E-state index is 6.06. The van der Waals surface area contributed by atoms with Gasteiger partial charge in [-0.1, -0.05) is 30.3 Å². The predicted octanol–water partition coefficient (Wildman–Crippen LogP) is 3.35. The highest BCUT2D eigenvalue weighted by Gasteiger charge is 2.18. The molecule has 0 aliphatic rings. The molecule has 3 N–H and O–H groups in total. The summed E-state index contributed by atoms with van der Waals surface area (Å²) in [4.78, 5) is 6.59. The van der Waals surface area contributed by atoms with Crippen LogP contribution in [-0.4, -0.2) is 45.7 Å². The first-order valence-corrected chi connectivity index (χ1v) is 8.06. The van der Waals surface area contributed by atoms with Gasteiger partial charge in [-0.05, 0) is 32.3 Å². The Bertz CT molecular complexity index is 722. The van der Waals surface area contributed by atoms with E-state index in [1.807, 2.05) is 62.6 Å². The number of hydrogen-bond donors (Lipinski definition) is 2. The van der Waals surface area contributed by atoms with E-state index >= 15 is 0 Å². The van der Waals surface area contributed by atoms with Gasteiger partial charge >= 0.3 is 0 Å². The number of rotatable bonds is 7. The van der Waals surface area contributed by atoms with Crippen LogP contribution in [0.15, 0.2) is 53.5 Å². The number of likely N-dealkylation sites (N-methyl/N-ethyl adjacent to an activating group) is 1. The van der Waals surface area contributed by atoms with Gasteiger partial charge in [0.2, 0.25) is 0 Å². The number of aliphatic imine (C=N–C) groups is 1. The first kappa shape index (κ1) is 22.0. The number of para-hydroxylation sites is 3. The average Bonchev–Trinajstić information content (AvgIpc) is 2.62. The summed E-state index contributed by atoms with van der Waals surface area (Å²) in [6.45, 7) is 0.501. The third-order valence-corrected chi connectivity index (χ3v) is 3.93. The van der Waals surface area contributed by atoms with Crippen LogP contribution < -0.4 is 20.5 Å². The van der Waals surface area contributed by atoms with Gasteiger partial charge in [-0.2, -0.15) is 0 Å². The maximum Gasteiger partial charge on any atom is 0.193 e. The summed E-state index contributed by atoms with van der Waals surface area (Å²) in [5, 5.41) is 3.09. The number of methoxy groups -OCH3 is 2. The zero-order valence-electron chi connectivity index (χ0n) is 15.6. The van der Waals surface area contributed by atoms with Crippen LogP contribution in [0.25, 0.3) is 0 Å². The van der Waals surface area contributed by atoms with E-state index < -0.39 is 0 Å². The van der Waals surface area contributed by atoms with Crippen LogP contribution in [0.3, 0.4) is 0 Å². The highest BCUT2D eigenvalue weighted by molar-refractivity contribution is 14.0. The first-order chi connectivity index (χ1) is 12.1. The largest absolute Gasteiger partial charge is 0.496 e. The molecule has 0 fully saturated rings. The van der Waals surface area contributed by atoms with Crippen molar-refractivity contribution in [3.8, 4) is 11.5 Å². The van der Waals surface area contributed by atoms with Gasteiger partial charge < -0.3 is 25.4 Å². The molecule has 0 amide bonds. The monoisotopic (exact) mass is 470 g/mol. The Morgan fingerprint density at radius 2 is 1.62 bits per heavy atom. The summed E-state index contributed by atoms with van der Waals surface area (Å²) in [5.41, 5.74) is 7.92. The molecule has 0 spiro atoms. The van der Waals surface area contributed by atoms with E-state index in [0.29, 0.717) is 12.5 Å². The molecule has 142 valence electrons. The van der Waals surface area contributed by atoms with Gasteiger partial charge in [-0.25, -0.2) is 0 Å². The van der Waals surface area contributed by atoms with Crippen molar-refractivity contribution in [2.24, 2.45) is 10.7 Å². The predicted molar refractivity (Wildman–Crippen MR) is 118 cm³/mol. The maximum absolute atomic E-state index is 6.06. The van der Waals surface area contributed by atoms with Crippen molar-refractivity contribution >= 4 is 35.6 Å². The molecular weight excluding hydrogens is 443 g/mol. The van der Waals surface area contributed by atoms with Gasteiger partial charge in [0.25, 0.3) is 0 Å². The second-order valence-electron chi connectivity index (χ2n) is 5.77. The summed E-state index contributed by atoms with van der Waals surface area (Å²) in [6.07, 6.45) is 0. The van der Waals surface area contributed by atoms with E-state index in [0.717, 1.165) is 22.7 Å². The van der Waals surface area contributed by atoms with E-state index in [2.05, 4.69) is 15.2 Å². The molecule has 2 aromatic carbocycles. The third-order valence-electron chi connectivity index (χ3n) is 3.93. The minimum Gasteiger partial charge on any atom is -0.496 e. The van der Waals surface area contributed by atoms with Crippen molar-refractivity contribution in [1.82, 2.24) is 4.90 Å². The van der Waals surface area contributed by atoms with Gasteiger partial charge in [0.1, 0.15) is 11.5 Å². The normalized spacial score (nSPS) is 12.3. The SMILES string of the molecule is COc1ccccc1NC(N)=NCC(c1ccccc1OC)N(C)C.I. The molecule has 0 radical (unpaired) electrons. The van der Waals surface area contributed by atoms with Crippen LogP contribution in [0.4, 0.5) is 5.69 Å². The van der Waals surface area contributed by atoms with Crippen LogP contribution in [0.1, 0.15) is 11.6 Å². The number of nitrogens with zero attached hydrogens (tertiary/aromatic N) is 2. The number of ether oxygens (including phenoxy) is 2. The fourth-order valence-electron chi connectivity index (χ4n) is 2.59. The van der Waals surface area contributed by atoms with Crippen molar-refractivity contribution in [2.75, 3.05) is 40.2 Å². The Balaban J connectivity index is 0.00000338. The van der Waals surface area contributed by atoms with Crippen LogP contribution in [0, 0.1) is 0 Å². The van der Waals surface area contributed by atoms with Crippen molar-refractivity contribution in [3.05, 3.63) is 54.1 Å². The molecule has 0 aliphatic carbocycles. The van der Waals surface area contributed by atoms with Crippen LogP contribution in [0.2, 0.25) is 0 Å². The van der Waals surface area contributed by atoms with Crippen molar-refractivity contribution in [2.45, 2.75) is 6.04 Å². The lowest BCUT2D eigenvalue weighted by atomic mass is 10.0. The average molecular weight is 470 g/mol. The highest BCUT2D eigenvalue weighted by Crippen LogP contribution is 2.28. The third kappa shape index (κ3) is 5.77. The molecule has 0 bridgehead atoms. The Labute approximate surface area is 172 Å². The molecule has 26 heavy (non-hydrogen) atoms. The summed E-state index contributed by atoms with van der Waals surface area (Å²) in [5.74, 6) is 1.90. The summed E-state index contributed by atoms with van der Waals surface area (Å²) < 4.78 is 10.8. The molecule has 6 nitrogen and oxygen atoms in total.